The maximum atomic E-state index is 4.49. The van der Waals surface area contributed by atoms with Crippen LogP contribution in [0.15, 0.2) is 0 Å². The summed E-state index contributed by atoms with van der Waals surface area (Å²) in [4.78, 5) is 2.77. The molecule has 0 heterocycles. The number of hydrogen-bond donors (Lipinski definition) is 1. The third kappa shape index (κ3) is 3.99. The van der Waals surface area contributed by atoms with Crippen molar-refractivity contribution in [1.29, 1.82) is 0 Å². The Kier molecular flexibility index (Phi) is 4.39. The van der Waals surface area contributed by atoms with E-state index in [-0.39, 0.29) is 0 Å². The minimum Gasteiger partial charge on any atom is -0.300 e. The van der Waals surface area contributed by atoms with E-state index in [1.165, 1.54) is 51.6 Å². The van der Waals surface area contributed by atoms with E-state index in [2.05, 4.69) is 24.5 Å². The van der Waals surface area contributed by atoms with Crippen molar-refractivity contribution in [3.05, 3.63) is 0 Å². The van der Waals surface area contributed by atoms with E-state index in [0.717, 1.165) is 23.6 Å². The van der Waals surface area contributed by atoms with E-state index < -0.39 is 0 Å². The Balaban J connectivity index is 1.75. The molecule has 1 atom stereocenters. The van der Waals surface area contributed by atoms with Crippen LogP contribution < -0.4 is 0 Å². The quantitative estimate of drug-likeness (QED) is 0.623. The average molecular weight is 227 g/mol. The summed E-state index contributed by atoms with van der Waals surface area (Å²) in [5.74, 6) is 2.95. The highest BCUT2D eigenvalue weighted by Crippen LogP contribution is 2.35. The van der Waals surface area contributed by atoms with Gasteiger partial charge in [-0.25, -0.2) is 0 Å². The molecule has 0 aromatic rings. The summed E-state index contributed by atoms with van der Waals surface area (Å²) < 4.78 is 0. The Hall–Kier alpha value is 0.310. The Morgan fingerprint density at radius 2 is 2.00 bits per heavy atom. The van der Waals surface area contributed by atoms with Crippen molar-refractivity contribution < 1.29 is 0 Å². The van der Waals surface area contributed by atoms with Gasteiger partial charge in [-0.1, -0.05) is 13.3 Å². The number of rotatable bonds is 8. The minimum absolute atomic E-state index is 0.831. The van der Waals surface area contributed by atoms with Crippen molar-refractivity contribution >= 4 is 12.6 Å². The Morgan fingerprint density at radius 1 is 1.27 bits per heavy atom. The standard InChI is InChI=1S/C13H25NS/c1-2-3-12(10-15)9-14(13-6-7-13)8-11-4-5-11/h11-13,15H,2-10H2,1H3. The van der Waals surface area contributed by atoms with Crippen LogP contribution in [-0.2, 0) is 0 Å². The maximum absolute atomic E-state index is 4.49. The Labute approximate surface area is 100 Å². The van der Waals surface area contributed by atoms with E-state index in [1.54, 1.807) is 0 Å². The molecule has 0 saturated heterocycles. The highest BCUT2D eigenvalue weighted by atomic mass is 32.1. The molecule has 2 saturated carbocycles. The molecule has 88 valence electrons. The fourth-order valence-electron chi connectivity index (χ4n) is 2.42. The summed E-state index contributed by atoms with van der Waals surface area (Å²) in [5, 5.41) is 0. The maximum Gasteiger partial charge on any atom is 0.00966 e. The number of hydrogen-bond acceptors (Lipinski definition) is 2. The molecule has 2 heteroatoms. The number of nitrogens with zero attached hydrogens (tertiary/aromatic N) is 1. The van der Waals surface area contributed by atoms with Crippen molar-refractivity contribution in [3.63, 3.8) is 0 Å². The van der Waals surface area contributed by atoms with Crippen LogP contribution in [0.2, 0.25) is 0 Å². The van der Waals surface area contributed by atoms with Crippen LogP contribution in [0.1, 0.15) is 45.4 Å². The smallest absolute Gasteiger partial charge is 0.00966 e. The minimum atomic E-state index is 0.831. The van der Waals surface area contributed by atoms with Gasteiger partial charge in [0.1, 0.15) is 0 Å². The van der Waals surface area contributed by atoms with Gasteiger partial charge < -0.3 is 0 Å². The molecule has 1 unspecified atom stereocenters. The third-order valence-electron chi connectivity index (χ3n) is 3.70. The Morgan fingerprint density at radius 3 is 2.47 bits per heavy atom. The fourth-order valence-corrected chi connectivity index (χ4v) is 2.72. The van der Waals surface area contributed by atoms with Crippen molar-refractivity contribution in [1.82, 2.24) is 4.90 Å². The van der Waals surface area contributed by atoms with Crippen molar-refractivity contribution in [2.45, 2.75) is 51.5 Å². The monoisotopic (exact) mass is 227 g/mol. The summed E-state index contributed by atoms with van der Waals surface area (Å²) >= 11 is 4.49. The fraction of sp³-hybridized carbons (Fsp3) is 1.00. The summed E-state index contributed by atoms with van der Waals surface area (Å²) in [6.07, 6.45) is 8.56. The van der Waals surface area contributed by atoms with Crippen LogP contribution >= 0.6 is 12.6 Å². The third-order valence-corrected chi connectivity index (χ3v) is 4.22. The van der Waals surface area contributed by atoms with E-state index in [9.17, 15) is 0 Å². The molecule has 2 aliphatic rings. The van der Waals surface area contributed by atoms with E-state index in [0.29, 0.717) is 0 Å². The lowest BCUT2D eigenvalue weighted by molar-refractivity contribution is 0.215. The zero-order valence-corrected chi connectivity index (χ0v) is 10.9. The Bertz CT molecular complexity index is 187. The number of thiol groups is 1. The molecule has 0 amide bonds. The lowest BCUT2D eigenvalue weighted by Crippen LogP contribution is -2.34. The van der Waals surface area contributed by atoms with E-state index in [1.807, 2.05) is 0 Å². The van der Waals surface area contributed by atoms with Gasteiger partial charge in [0, 0.05) is 19.1 Å². The molecular formula is C13H25NS. The predicted molar refractivity (Wildman–Crippen MR) is 69.6 cm³/mol. The molecular weight excluding hydrogens is 202 g/mol. The molecule has 0 N–H and O–H groups in total. The summed E-state index contributed by atoms with van der Waals surface area (Å²) in [7, 11) is 0. The molecule has 2 rings (SSSR count). The second-order valence-corrected chi connectivity index (χ2v) is 5.83. The SMILES string of the molecule is CCCC(CS)CN(CC1CC1)C1CC1. The van der Waals surface area contributed by atoms with Crippen molar-refractivity contribution in [3.8, 4) is 0 Å². The lowest BCUT2D eigenvalue weighted by atomic mass is 10.1. The van der Waals surface area contributed by atoms with Crippen molar-refractivity contribution in [2.75, 3.05) is 18.8 Å². The summed E-state index contributed by atoms with van der Waals surface area (Å²) in [6.45, 7) is 5.00. The molecule has 2 fully saturated rings. The van der Waals surface area contributed by atoms with E-state index >= 15 is 0 Å². The molecule has 0 bridgehead atoms. The first-order chi connectivity index (χ1) is 7.33. The molecule has 0 aromatic heterocycles. The van der Waals surface area contributed by atoms with Crippen LogP contribution in [-0.4, -0.2) is 29.8 Å². The van der Waals surface area contributed by atoms with Gasteiger partial charge in [0.15, 0.2) is 0 Å². The molecule has 15 heavy (non-hydrogen) atoms. The highest BCUT2D eigenvalue weighted by molar-refractivity contribution is 7.80. The van der Waals surface area contributed by atoms with Gasteiger partial charge in [-0.2, -0.15) is 12.6 Å². The van der Waals surface area contributed by atoms with Crippen LogP contribution in [0.5, 0.6) is 0 Å². The molecule has 0 spiro atoms. The molecule has 2 aliphatic carbocycles. The van der Waals surface area contributed by atoms with Gasteiger partial charge in [-0.15, -0.1) is 0 Å². The highest BCUT2D eigenvalue weighted by Gasteiger charge is 2.34. The first kappa shape index (κ1) is 11.8. The van der Waals surface area contributed by atoms with Gasteiger partial charge >= 0.3 is 0 Å². The largest absolute Gasteiger partial charge is 0.300 e. The summed E-state index contributed by atoms with van der Waals surface area (Å²) in [5.41, 5.74) is 0. The van der Waals surface area contributed by atoms with Gasteiger partial charge in [0.25, 0.3) is 0 Å². The van der Waals surface area contributed by atoms with Crippen LogP contribution in [0, 0.1) is 11.8 Å². The molecule has 0 aliphatic heterocycles. The molecule has 1 nitrogen and oxygen atoms in total. The first-order valence-corrected chi connectivity index (χ1v) is 7.31. The van der Waals surface area contributed by atoms with Crippen LogP contribution in [0.4, 0.5) is 0 Å². The van der Waals surface area contributed by atoms with Crippen molar-refractivity contribution in [2.24, 2.45) is 11.8 Å². The van der Waals surface area contributed by atoms with Gasteiger partial charge in [-0.3, -0.25) is 4.90 Å². The van der Waals surface area contributed by atoms with Gasteiger partial charge in [0.05, 0.1) is 0 Å². The van der Waals surface area contributed by atoms with Gasteiger partial charge in [0.2, 0.25) is 0 Å². The second kappa shape index (κ2) is 5.58. The zero-order chi connectivity index (χ0) is 10.7. The first-order valence-electron chi connectivity index (χ1n) is 6.68. The molecule has 0 radical (unpaired) electrons. The second-order valence-electron chi connectivity index (χ2n) is 5.47. The normalized spacial score (nSPS) is 23.4. The van der Waals surface area contributed by atoms with E-state index in [4.69, 9.17) is 0 Å². The summed E-state index contributed by atoms with van der Waals surface area (Å²) in [6, 6.07) is 0.949. The topological polar surface area (TPSA) is 3.24 Å². The lowest BCUT2D eigenvalue weighted by Gasteiger charge is -2.26. The predicted octanol–water partition coefficient (Wildman–Crippen LogP) is 3.21. The van der Waals surface area contributed by atoms with Crippen LogP contribution in [0.3, 0.4) is 0 Å². The van der Waals surface area contributed by atoms with Gasteiger partial charge in [-0.05, 0) is 49.7 Å². The molecule has 0 aromatic carbocycles. The van der Waals surface area contributed by atoms with Crippen LogP contribution in [0.25, 0.3) is 0 Å². The average Bonchev–Trinajstić information content (AvgIpc) is 3.07. The zero-order valence-electron chi connectivity index (χ0n) is 9.99.